The highest BCUT2D eigenvalue weighted by Gasteiger charge is 2.09. The fourth-order valence-corrected chi connectivity index (χ4v) is 2.92. The van der Waals surface area contributed by atoms with Crippen LogP contribution < -0.4 is 10.5 Å². The molecule has 0 fully saturated rings. The number of para-hydroxylation sites is 1. The van der Waals surface area contributed by atoms with Crippen molar-refractivity contribution in [1.29, 1.82) is 0 Å². The van der Waals surface area contributed by atoms with Gasteiger partial charge in [-0.15, -0.1) is 11.3 Å². The minimum Gasteiger partial charge on any atom is -0.493 e. The maximum absolute atomic E-state index is 5.75. The maximum atomic E-state index is 5.75. The average molecular weight is 292 g/mol. The molecule has 0 bridgehead atoms. The largest absolute Gasteiger partial charge is 0.493 e. The first-order chi connectivity index (χ1) is 9.08. The molecule has 1 heterocycles. The first-order valence-electron chi connectivity index (χ1n) is 6.02. The summed E-state index contributed by atoms with van der Waals surface area (Å²) >= 11 is 6.54. The van der Waals surface area contributed by atoms with Crippen molar-refractivity contribution in [2.24, 2.45) is 5.73 Å². The number of ether oxygens (including phenoxy) is 1. The molecule has 2 aromatic rings. The van der Waals surface area contributed by atoms with Crippen molar-refractivity contribution >= 4 is 28.5 Å². The topological polar surface area (TPSA) is 48.1 Å². The summed E-state index contributed by atoms with van der Waals surface area (Å²) in [5.41, 5.74) is 7.68. The monoisotopic (exact) mass is 292 g/mol. The molecule has 0 saturated heterocycles. The van der Waals surface area contributed by atoms with E-state index in [0.717, 1.165) is 33.3 Å². The lowest BCUT2D eigenvalue weighted by Crippen LogP contribution is -2.08. The Kier molecular flexibility index (Phi) is 4.50. The van der Waals surface area contributed by atoms with Crippen LogP contribution in [0.4, 0.5) is 0 Å². The number of hydrogen-bond donors (Lipinski definition) is 1. The molecule has 19 heavy (non-hydrogen) atoms. The van der Waals surface area contributed by atoms with Crippen LogP contribution in [-0.2, 0) is 6.42 Å². The van der Waals surface area contributed by atoms with Crippen molar-refractivity contribution < 1.29 is 4.74 Å². The van der Waals surface area contributed by atoms with Crippen LogP contribution in [0.5, 0.6) is 5.75 Å². The molecule has 1 aromatic carbocycles. The van der Waals surface area contributed by atoms with E-state index in [1.807, 2.05) is 38.1 Å². The third kappa shape index (κ3) is 3.52. The van der Waals surface area contributed by atoms with Crippen molar-refractivity contribution in [3.05, 3.63) is 45.4 Å². The molecule has 3 nitrogen and oxygen atoms in total. The van der Waals surface area contributed by atoms with Gasteiger partial charge in [-0.05, 0) is 25.5 Å². The van der Waals surface area contributed by atoms with Crippen molar-refractivity contribution in [3.63, 3.8) is 0 Å². The van der Waals surface area contributed by atoms with Gasteiger partial charge in [-0.2, -0.15) is 0 Å². The van der Waals surface area contributed by atoms with Gasteiger partial charge in [-0.3, -0.25) is 0 Å². The van der Waals surface area contributed by atoms with Gasteiger partial charge in [0.15, 0.2) is 0 Å². The Morgan fingerprint density at radius 1 is 1.37 bits per heavy atom. The van der Waals surface area contributed by atoms with E-state index in [1.54, 1.807) is 11.3 Å². The smallest absolute Gasteiger partial charge is 0.122 e. The molecule has 0 saturated carbocycles. The first-order valence-corrected chi connectivity index (χ1v) is 7.25. The van der Waals surface area contributed by atoms with Crippen molar-refractivity contribution in [1.82, 2.24) is 4.98 Å². The van der Waals surface area contributed by atoms with Gasteiger partial charge in [-0.1, -0.05) is 30.4 Å². The quantitative estimate of drug-likeness (QED) is 0.861. The van der Waals surface area contributed by atoms with Crippen molar-refractivity contribution in [2.45, 2.75) is 20.3 Å². The predicted molar refractivity (Wildman–Crippen MR) is 83.1 cm³/mol. The number of nitrogens with two attached hydrogens (primary N) is 1. The average Bonchev–Trinajstić information content (AvgIpc) is 2.73. The lowest BCUT2D eigenvalue weighted by Gasteiger charge is -2.07. The molecule has 0 aliphatic heterocycles. The van der Waals surface area contributed by atoms with E-state index in [2.05, 4.69) is 4.98 Å². The van der Waals surface area contributed by atoms with Crippen LogP contribution in [-0.4, -0.2) is 16.6 Å². The number of aryl methyl sites for hydroxylation is 2. The molecule has 0 aliphatic carbocycles. The number of nitrogens with zero attached hydrogens (tertiary/aromatic N) is 1. The second kappa shape index (κ2) is 6.12. The van der Waals surface area contributed by atoms with Crippen LogP contribution >= 0.6 is 23.6 Å². The molecule has 2 N–H and O–H groups in total. The van der Waals surface area contributed by atoms with Gasteiger partial charge in [0.05, 0.1) is 22.2 Å². The lowest BCUT2D eigenvalue weighted by atomic mass is 10.2. The fourth-order valence-electron chi connectivity index (χ4n) is 1.75. The Labute approximate surface area is 122 Å². The van der Waals surface area contributed by atoms with E-state index in [0.29, 0.717) is 11.6 Å². The second-order valence-corrected chi connectivity index (χ2v) is 5.77. The molecule has 0 radical (unpaired) electrons. The molecule has 0 amide bonds. The van der Waals surface area contributed by atoms with Crippen LogP contribution in [0.3, 0.4) is 0 Å². The summed E-state index contributed by atoms with van der Waals surface area (Å²) in [5.74, 6) is 0.922. The van der Waals surface area contributed by atoms with Crippen molar-refractivity contribution in [3.8, 4) is 5.75 Å². The Morgan fingerprint density at radius 2 is 2.11 bits per heavy atom. The summed E-state index contributed by atoms with van der Waals surface area (Å²) < 4.78 is 5.75. The fraction of sp³-hybridized carbons (Fsp3) is 0.286. The van der Waals surface area contributed by atoms with E-state index in [1.165, 1.54) is 0 Å². The zero-order valence-corrected chi connectivity index (χ0v) is 12.6. The molecule has 0 aliphatic rings. The minimum absolute atomic E-state index is 0.418. The van der Waals surface area contributed by atoms with Crippen LogP contribution in [0.15, 0.2) is 24.3 Å². The molecular weight excluding hydrogens is 276 g/mol. The standard InChI is InChI=1S/C14H16N2OS2/c1-9-5-3-4-6-11(9)17-8-7-12-16-10(2)13(19-12)14(15)18/h3-6H,7-8H2,1-2H3,(H2,15,18). The minimum atomic E-state index is 0.418. The van der Waals surface area contributed by atoms with Crippen molar-refractivity contribution in [2.75, 3.05) is 6.61 Å². The summed E-state index contributed by atoms with van der Waals surface area (Å²) in [5, 5.41) is 1.01. The zero-order valence-electron chi connectivity index (χ0n) is 11.0. The van der Waals surface area contributed by atoms with E-state index in [-0.39, 0.29) is 0 Å². The number of aromatic nitrogens is 1. The SMILES string of the molecule is Cc1ccccc1OCCc1nc(C)c(C(N)=S)s1. The number of benzene rings is 1. The third-order valence-corrected chi connectivity index (χ3v) is 4.32. The molecule has 5 heteroatoms. The van der Waals surface area contributed by atoms with Gasteiger partial charge in [-0.25, -0.2) is 4.98 Å². The molecule has 2 rings (SSSR count). The van der Waals surface area contributed by atoms with Gasteiger partial charge in [0.2, 0.25) is 0 Å². The summed E-state index contributed by atoms with van der Waals surface area (Å²) in [6, 6.07) is 7.98. The lowest BCUT2D eigenvalue weighted by molar-refractivity contribution is 0.319. The second-order valence-electron chi connectivity index (χ2n) is 4.25. The van der Waals surface area contributed by atoms with E-state index < -0.39 is 0 Å². The Balaban J connectivity index is 1.95. The van der Waals surface area contributed by atoms with E-state index in [4.69, 9.17) is 22.7 Å². The van der Waals surface area contributed by atoms with E-state index >= 15 is 0 Å². The predicted octanol–water partition coefficient (Wildman–Crippen LogP) is 3.02. The van der Waals surface area contributed by atoms with E-state index in [9.17, 15) is 0 Å². The normalized spacial score (nSPS) is 10.4. The van der Waals surface area contributed by atoms with Gasteiger partial charge in [0.25, 0.3) is 0 Å². The number of thiocarbonyl (C=S) groups is 1. The van der Waals surface area contributed by atoms with Gasteiger partial charge in [0.1, 0.15) is 10.7 Å². The van der Waals surface area contributed by atoms with Crippen LogP contribution in [0.1, 0.15) is 21.1 Å². The van der Waals surface area contributed by atoms with Crippen LogP contribution in [0.25, 0.3) is 0 Å². The van der Waals surface area contributed by atoms with Gasteiger partial charge >= 0.3 is 0 Å². The van der Waals surface area contributed by atoms with Gasteiger partial charge in [0, 0.05) is 6.42 Å². The third-order valence-electron chi connectivity index (χ3n) is 2.73. The Morgan fingerprint density at radius 3 is 2.74 bits per heavy atom. The molecule has 0 unspecified atom stereocenters. The summed E-state index contributed by atoms with van der Waals surface area (Å²) in [7, 11) is 0. The highest BCUT2D eigenvalue weighted by molar-refractivity contribution is 7.81. The highest BCUT2D eigenvalue weighted by Crippen LogP contribution is 2.20. The molecule has 1 aromatic heterocycles. The van der Waals surface area contributed by atoms with Gasteiger partial charge < -0.3 is 10.5 Å². The number of hydrogen-bond acceptors (Lipinski definition) is 4. The molecule has 0 spiro atoms. The summed E-state index contributed by atoms with van der Waals surface area (Å²) in [4.78, 5) is 5.78. The summed E-state index contributed by atoms with van der Waals surface area (Å²) in [6.07, 6.45) is 0.766. The molecule has 0 atom stereocenters. The highest BCUT2D eigenvalue weighted by atomic mass is 32.1. The Hall–Kier alpha value is -1.46. The number of rotatable bonds is 5. The molecule has 100 valence electrons. The zero-order chi connectivity index (χ0) is 13.8. The Bertz CT molecular complexity index is 593. The first kappa shape index (κ1) is 14.0. The van der Waals surface area contributed by atoms with Crippen LogP contribution in [0, 0.1) is 13.8 Å². The molecular formula is C14H16N2OS2. The summed E-state index contributed by atoms with van der Waals surface area (Å²) in [6.45, 7) is 4.57. The number of thiazole rings is 1. The van der Waals surface area contributed by atoms with Crippen LogP contribution in [0.2, 0.25) is 0 Å². The maximum Gasteiger partial charge on any atom is 0.122 e.